The first kappa shape index (κ1) is 14.7. The zero-order valence-corrected chi connectivity index (χ0v) is 12.9. The molecule has 0 spiro atoms. The normalized spacial score (nSPS) is 17.8. The molecular weight excluding hydrogens is 260 g/mol. The highest BCUT2D eigenvalue weighted by Gasteiger charge is 2.14. The van der Waals surface area contributed by atoms with Crippen LogP contribution in [0.3, 0.4) is 0 Å². The van der Waals surface area contributed by atoms with Gasteiger partial charge in [0.2, 0.25) is 0 Å². The fraction of sp³-hybridized carbons (Fsp3) is 0.917. The SMILES string of the molecule is CC(C)(C)NCc1nnnn1CCN1CCSCC1. The average Bonchev–Trinajstić information content (AvgIpc) is 2.82. The Balaban J connectivity index is 1.81. The van der Waals surface area contributed by atoms with Crippen LogP contribution in [0.1, 0.15) is 26.6 Å². The molecule has 0 radical (unpaired) electrons. The Morgan fingerprint density at radius 3 is 2.63 bits per heavy atom. The third kappa shape index (κ3) is 5.08. The maximum Gasteiger partial charge on any atom is 0.165 e. The van der Waals surface area contributed by atoms with E-state index in [9.17, 15) is 0 Å². The van der Waals surface area contributed by atoms with Gasteiger partial charge >= 0.3 is 0 Å². The van der Waals surface area contributed by atoms with Crippen molar-refractivity contribution >= 4 is 11.8 Å². The summed E-state index contributed by atoms with van der Waals surface area (Å²) in [7, 11) is 0. The molecule has 1 aromatic rings. The van der Waals surface area contributed by atoms with E-state index in [2.05, 4.69) is 46.5 Å². The molecule has 1 aromatic heterocycles. The van der Waals surface area contributed by atoms with Crippen molar-refractivity contribution in [2.45, 2.75) is 39.4 Å². The van der Waals surface area contributed by atoms with Crippen molar-refractivity contribution in [2.24, 2.45) is 0 Å². The number of nitrogens with zero attached hydrogens (tertiary/aromatic N) is 5. The molecule has 1 aliphatic rings. The largest absolute Gasteiger partial charge is 0.305 e. The van der Waals surface area contributed by atoms with Gasteiger partial charge in [0.25, 0.3) is 0 Å². The van der Waals surface area contributed by atoms with Crippen LogP contribution in [-0.2, 0) is 13.1 Å². The van der Waals surface area contributed by atoms with E-state index in [1.807, 2.05) is 16.4 Å². The predicted molar refractivity (Wildman–Crippen MR) is 78.2 cm³/mol. The zero-order valence-electron chi connectivity index (χ0n) is 12.1. The second kappa shape index (κ2) is 6.67. The van der Waals surface area contributed by atoms with Gasteiger partial charge in [-0.3, -0.25) is 4.90 Å². The van der Waals surface area contributed by atoms with Crippen LogP contribution in [-0.4, -0.2) is 61.8 Å². The average molecular weight is 284 g/mol. The van der Waals surface area contributed by atoms with Crippen molar-refractivity contribution in [3.05, 3.63) is 5.82 Å². The summed E-state index contributed by atoms with van der Waals surface area (Å²) in [5, 5.41) is 15.4. The third-order valence-electron chi connectivity index (χ3n) is 3.11. The number of tetrazole rings is 1. The maximum absolute atomic E-state index is 4.10. The maximum atomic E-state index is 4.10. The molecule has 0 bridgehead atoms. The molecule has 0 aromatic carbocycles. The minimum atomic E-state index is 0.0842. The Labute approximate surface area is 119 Å². The number of nitrogens with one attached hydrogen (secondary N) is 1. The molecule has 7 heteroatoms. The summed E-state index contributed by atoms with van der Waals surface area (Å²) in [6, 6.07) is 0. The Kier molecular flexibility index (Phi) is 5.18. The monoisotopic (exact) mass is 284 g/mol. The van der Waals surface area contributed by atoms with Crippen molar-refractivity contribution < 1.29 is 0 Å². The lowest BCUT2D eigenvalue weighted by Gasteiger charge is -2.26. The minimum Gasteiger partial charge on any atom is -0.305 e. The highest BCUT2D eigenvalue weighted by molar-refractivity contribution is 7.99. The fourth-order valence-electron chi connectivity index (χ4n) is 1.93. The zero-order chi connectivity index (χ0) is 13.7. The summed E-state index contributed by atoms with van der Waals surface area (Å²) in [5.74, 6) is 3.41. The van der Waals surface area contributed by atoms with Crippen molar-refractivity contribution in [1.29, 1.82) is 0 Å². The summed E-state index contributed by atoms with van der Waals surface area (Å²) in [6.07, 6.45) is 0. The third-order valence-corrected chi connectivity index (χ3v) is 4.06. The molecule has 1 aliphatic heterocycles. The fourth-order valence-corrected chi connectivity index (χ4v) is 2.91. The Hall–Kier alpha value is -0.660. The lowest BCUT2D eigenvalue weighted by Crippen LogP contribution is -2.37. The molecule has 2 heterocycles. The molecular formula is C12H24N6S. The summed E-state index contributed by atoms with van der Waals surface area (Å²) in [4.78, 5) is 2.49. The van der Waals surface area contributed by atoms with E-state index >= 15 is 0 Å². The van der Waals surface area contributed by atoms with E-state index in [1.54, 1.807) is 0 Å². The van der Waals surface area contributed by atoms with Crippen LogP contribution in [0.4, 0.5) is 0 Å². The minimum absolute atomic E-state index is 0.0842. The van der Waals surface area contributed by atoms with E-state index in [0.29, 0.717) is 6.54 Å². The first-order chi connectivity index (χ1) is 9.04. The smallest absolute Gasteiger partial charge is 0.165 e. The molecule has 0 atom stereocenters. The molecule has 108 valence electrons. The topological polar surface area (TPSA) is 58.9 Å². The second-order valence-corrected chi connectivity index (χ2v) is 7.10. The Morgan fingerprint density at radius 2 is 1.95 bits per heavy atom. The van der Waals surface area contributed by atoms with Crippen molar-refractivity contribution in [1.82, 2.24) is 30.4 Å². The Morgan fingerprint density at radius 1 is 1.21 bits per heavy atom. The number of thioether (sulfide) groups is 1. The molecule has 0 saturated carbocycles. The molecule has 1 N–H and O–H groups in total. The predicted octanol–water partition coefficient (Wildman–Crippen LogP) is 0.610. The van der Waals surface area contributed by atoms with Crippen molar-refractivity contribution in [3.63, 3.8) is 0 Å². The van der Waals surface area contributed by atoms with Crippen LogP contribution in [0.5, 0.6) is 0 Å². The molecule has 19 heavy (non-hydrogen) atoms. The van der Waals surface area contributed by atoms with Gasteiger partial charge in [-0.2, -0.15) is 11.8 Å². The van der Waals surface area contributed by atoms with Gasteiger partial charge in [-0.15, -0.1) is 5.10 Å². The van der Waals surface area contributed by atoms with Gasteiger partial charge in [0.15, 0.2) is 5.82 Å². The molecule has 0 amide bonds. The molecule has 0 unspecified atom stereocenters. The summed E-state index contributed by atoms with van der Waals surface area (Å²) < 4.78 is 1.92. The Bertz CT molecular complexity index is 380. The molecule has 1 saturated heterocycles. The van der Waals surface area contributed by atoms with E-state index < -0.39 is 0 Å². The quantitative estimate of drug-likeness (QED) is 0.855. The number of aromatic nitrogens is 4. The van der Waals surface area contributed by atoms with Gasteiger partial charge in [0.1, 0.15) is 0 Å². The summed E-state index contributed by atoms with van der Waals surface area (Å²) in [5.41, 5.74) is 0.0842. The van der Waals surface area contributed by atoms with Gasteiger partial charge in [-0.05, 0) is 31.2 Å². The van der Waals surface area contributed by atoms with Gasteiger partial charge in [-0.25, -0.2) is 4.68 Å². The van der Waals surface area contributed by atoms with E-state index in [4.69, 9.17) is 0 Å². The first-order valence-corrected chi connectivity index (χ1v) is 8.00. The van der Waals surface area contributed by atoms with Gasteiger partial charge in [-0.1, -0.05) is 0 Å². The number of rotatable bonds is 5. The lowest BCUT2D eigenvalue weighted by molar-refractivity contribution is 0.280. The number of hydrogen-bond donors (Lipinski definition) is 1. The summed E-state index contributed by atoms with van der Waals surface area (Å²) >= 11 is 2.04. The van der Waals surface area contributed by atoms with Crippen molar-refractivity contribution in [3.8, 4) is 0 Å². The van der Waals surface area contributed by atoms with Crippen LogP contribution in [0, 0.1) is 0 Å². The first-order valence-electron chi connectivity index (χ1n) is 6.85. The molecule has 6 nitrogen and oxygen atoms in total. The second-order valence-electron chi connectivity index (χ2n) is 5.88. The van der Waals surface area contributed by atoms with E-state index in [-0.39, 0.29) is 5.54 Å². The highest BCUT2D eigenvalue weighted by Crippen LogP contribution is 2.09. The van der Waals surface area contributed by atoms with Crippen LogP contribution in [0.15, 0.2) is 0 Å². The van der Waals surface area contributed by atoms with E-state index in [0.717, 1.165) is 18.9 Å². The van der Waals surface area contributed by atoms with Crippen molar-refractivity contribution in [2.75, 3.05) is 31.1 Å². The standard InChI is InChI=1S/C12H24N6S/c1-12(2,3)13-10-11-14-15-16-18(11)5-4-17-6-8-19-9-7-17/h13H,4-10H2,1-3H3. The van der Waals surface area contributed by atoms with Crippen LogP contribution in [0.2, 0.25) is 0 Å². The number of hydrogen-bond acceptors (Lipinski definition) is 6. The van der Waals surface area contributed by atoms with Gasteiger partial charge < -0.3 is 5.32 Å². The van der Waals surface area contributed by atoms with Gasteiger partial charge in [0.05, 0.1) is 13.1 Å². The lowest BCUT2D eigenvalue weighted by atomic mass is 10.1. The van der Waals surface area contributed by atoms with Crippen LogP contribution in [0.25, 0.3) is 0 Å². The molecule has 1 fully saturated rings. The summed E-state index contributed by atoms with van der Waals surface area (Å²) in [6.45, 7) is 11.4. The van der Waals surface area contributed by atoms with Gasteiger partial charge in [0, 0.05) is 36.7 Å². The molecule has 0 aliphatic carbocycles. The van der Waals surface area contributed by atoms with E-state index in [1.165, 1.54) is 24.6 Å². The highest BCUT2D eigenvalue weighted by atomic mass is 32.2. The van der Waals surface area contributed by atoms with Crippen LogP contribution < -0.4 is 5.32 Å². The molecule has 2 rings (SSSR count). The van der Waals surface area contributed by atoms with Crippen LogP contribution >= 0.6 is 11.8 Å².